The van der Waals surface area contributed by atoms with Crippen LogP contribution in [0.4, 0.5) is 0 Å². The van der Waals surface area contributed by atoms with Gasteiger partial charge in [-0.2, -0.15) is 0 Å². The molecule has 2 aromatic heterocycles. The zero-order valence-electron chi connectivity index (χ0n) is 8.11. The SMILES string of the molecule is Cc1c(I)sc2cc3c(I)c(I)sc3cc12. The number of hydrogen-bond acceptors (Lipinski definition) is 2. The Labute approximate surface area is 142 Å². The van der Waals surface area contributed by atoms with Gasteiger partial charge in [-0.1, -0.05) is 0 Å². The van der Waals surface area contributed by atoms with Crippen LogP contribution < -0.4 is 0 Å². The average Bonchev–Trinajstić information content (AvgIpc) is 2.67. The van der Waals surface area contributed by atoms with E-state index in [0.717, 1.165) is 0 Å². The molecule has 0 aliphatic carbocycles. The van der Waals surface area contributed by atoms with Crippen molar-refractivity contribution < 1.29 is 0 Å². The number of fused-ring (bicyclic) bond motifs is 2. The fourth-order valence-electron chi connectivity index (χ4n) is 1.72. The second kappa shape index (κ2) is 4.46. The zero-order valence-corrected chi connectivity index (χ0v) is 16.2. The Hall–Kier alpha value is 1.33. The second-order valence-corrected chi connectivity index (χ2v) is 10.3. The highest BCUT2D eigenvalue weighted by atomic mass is 127. The number of halogens is 3. The standard InChI is InChI=1S/C11H5I3S2/c1-4-5-2-8-6(9(12)11(14)16-8)3-7(5)15-10(4)13/h2-3H,1H3. The summed E-state index contributed by atoms with van der Waals surface area (Å²) >= 11 is 11.1. The molecule has 0 radical (unpaired) electrons. The lowest BCUT2D eigenvalue weighted by atomic mass is 10.1. The van der Waals surface area contributed by atoms with Gasteiger partial charge in [0.2, 0.25) is 0 Å². The Bertz CT molecular complexity index is 647. The first-order valence-electron chi connectivity index (χ1n) is 4.54. The maximum absolute atomic E-state index is 2.45. The Morgan fingerprint density at radius 3 is 2.19 bits per heavy atom. The van der Waals surface area contributed by atoms with Crippen LogP contribution >= 0.6 is 90.4 Å². The monoisotopic (exact) mass is 582 g/mol. The van der Waals surface area contributed by atoms with E-state index in [2.05, 4.69) is 86.8 Å². The first kappa shape index (κ1) is 12.4. The molecule has 0 fully saturated rings. The van der Waals surface area contributed by atoms with E-state index >= 15 is 0 Å². The van der Waals surface area contributed by atoms with Crippen LogP contribution in [0.25, 0.3) is 20.2 Å². The fourth-order valence-corrected chi connectivity index (χ4v) is 6.48. The maximum Gasteiger partial charge on any atom is 0.0799 e. The third-order valence-electron chi connectivity index (χ3n) is 2.59. The number of thiophene rings is 2. The topological polar surface area (TPSA) is 0 Å². The Balaban J connectivity index is 2.52. The van der Waals surface area contributed by atoms with Crippen molar-refractivity contribution >= 4 is 111 Å². The van der Waals surface area contributed by atoms with Crippen molar-refractivity contribution in [3.63, 3.8) is 0 Å². The molecule has 3 rings (SSSR count). The van der Waals surface area contributed by atoms with Crippen LogP contribution in [0, 0.1) is 16.3 Å². The summed E-state index contributed by atoms with van der Waals surface area (Å²) in [7, 11) is 0. The van der Waals surface area contributed by atoms with Crippen LogP contribution in [0.3, 0.4) is 0 Å². The predicted octanol–water partition coefficient (Wildman–Crippen LogP) is 6.24. The van der Waals surface area contributed by atoms with Crippen molar-refractivity contribution in [1.82, 2.24) is 0 Å². The molecule has 16 heavy (non-hydrogen) atoms. The van der Waals surface area contributed by atoms with Crippen LogP contribution in [-0.4, -0.2) is 0 Å². The third-order valence-corrected chi connectivity index (χ3v) is 9.76. The number of aryl methyl sites for hydroxylation is 1. The van der Waals surface area contributed by atoms with Crippen molar-refractivity contribution in [3.05, 3.63) is 27.0 Å². The van der Waals surface area contributed by atoms with Gasteiger partial charge in [-0.05, 0) is 97.8 Å². The van der Waals surface area contributed by atoms with E-state index in [0.29, 0.717) is 0 Å². The summed E-state index contributed by atoms with van der Waals surface area (Å²) in [6.07, 6.45) is 0. The molecule has 2 heterocycles. The van der Waals surface area contributed by atoms with Gasteiger partial charge in [-0.15, -0.1) is 22.7 Å². The molecular weight excluding hydrogens is 577 g/mol. The molecule has 3 aromatic rings. The Morgan fingerprint density at radius 1 is 0.875 bits per heavy atom. The lowest BCUT2D eigenvalue weighted by Crippen LogP contribution is -1.71. The minimum absolute atomic E-state index is 1.40. The van der Waals surface area contributed by atoms with Crippen LogP contribution in [0.2, 0.25) is 0 Å². The Kier molecular flexibility index (Phi) is 3.45. The quantitative estimate of drug-likeness (QED) is 0.276. The van der Waals surface area contributed by atoms with Gasteiger partial charge >= 0.3 is 0 Å². The molecule has 0 atom stereocenters. The molecule has 82 valence electrons. The van der Waals surface area contributed by atoms with Gasteiger partial charge in [-0.3, -0.25) is 0 Å². The van der Waals surface area contributed by atoms with E-state index in [1.165, 1.54) is 35.1 Å². The normalized spacial score (nSPS) is 11.8. The van der Waals surface area contributed by atoms with Gasteiger partial charge in [0.1, 0.15) is 0 Å². The van der Waals surface area contributed by atoms with Crippen LogP contribution in [0.15, 0.2) is 12.1 Å². The summed E-state index contributed by atoms with van der Waals surface area (Å²) in [5.74, 6) is 0. The van der Waals surface area contributed by atoms with E-state index in [4.69, 9.17) is 0 Å². The molecule has 0 N–H and O–H groups in total. The van der Waals surface area contributed by atoms with Crippen LogP contribution in [-0.2, 0) is 0 Å². The number of rotatable bonds is 0. The lowest BCUT2D eigenvalue weighted by molar-refractivity contribution is 1.57. The highest BCUT2D eigenvalue weighted by Crippen LogP contribution is 2.40. The third kappa shape index (κ3) is 1.84. The van der Waals surface area contributed by atoms with Crippen LogP contribution in [0.1, 0.15) is 5.56 Å². The number of benzene rings is 1. The van der Waals surface area contributed by atoms with Gasteiger partial charge in [0.05, 0.1) is 5.77 Å². The molecule has 0 unspecified atom stereocenters. The largest absolute Gasteiger partial charge is 0.129 e. The van der Waals surface area contributed by atoms with E-state index in [1.54, 1.807) is 0 Å². The molecule has 0 spiro atoms. The van der Waals surface area contributed by atoms with Gasteiger partial charge < -0.3 is 0 Å². The van der Waals surface area contributed by atoms with Gasteiger partial charge in [0, 0.05) is 18.4 Å². The van der Waals surface area contributed by atoms with Crippen molar-refractivity contribution in [3.8, 4) is 0 Å². The van der Waals surface area contributed by atoms with E-state index in [-0.39, 0.29) is 0 Å². The molecular formula is C11H5I3S2. The molecule has 0 nitrogen and oxygen atoms in total. The van der Waals surface area contributed by atoms with Crippen molar-refractivity contribution in [2.75, 3.05) is 0 Å². The predicted molar refractivity (Wildman–Crippen MR) is 100 cm³/mol. The summed E-state index contributed by atoms with van der Waals surface area (Å²) in [4.78, 5) is 0. The molecule has 0 bridgehead atoms. The zero-order chi connectivity index (χ0) is 11.4. The summed E-state index contributed by atoms with van der Waals surface area (Å²) in [5.41, 5.74) is 1.43. The minimum Gasteiger partial charge on any atom is -0.129 e. The molecule has 0 aliphatic heterocycles. The van der Waals surface area contributed by atoms with E-state index in [1.807, 2.05) is 22.7 Å². The van der Waals surface area contributed by atoms with E-state index in [9.17, 15) is 0 Å². The van der Waals surface area contributed by atoms with Crippen molar-refractivity contribution in [2.24, 2.45) is 0 Å². The van der Waals surface area contributed by atoms with Crippen molar-refractivity contribution in [1.29, 1.82) is 0 Å². The smallest absolute Gasteiger partial charge is 0.0799 e. The van der Waals surface area contributed by atoms with Crippen LogP contribution in [0.5, 0.6) is 0 Å². The first-order valence-corrected chi connectivity index (χ1v) is 9.41. The highest BCUT2D eigenvalue weighted by molar-refractivity contribution is 14.1. The molecule has 0 saturated carbocycles. The highest BCUT2D eigenvalue weighted by Gasteiger charge is 2.12. The van der Waals surface area contributed by atoms with Gasteiger partial charge in [-0.25, -0.2) is 0 Å². The summed E-state index contributed by atoms with van der Waals surface area (Å²) in [6, 6.07) is 4.71. The first-order chi connectivity index (χ1) is 7.58. The minimum atomic E-state index is 1.40. The average molecular weight is 582 g/mol. The molecule has 0 amide bonds. The lowest BCUT2D eigenvalue weighted by Gasteiger charge is -1.93. The molecule has 0 saturated heterocycles. The second-order valence-electron chi connectivity index (χ2n) is 3.54. The molecule has 0 aliphatic rings. The fraction of sp³-hybridized carbons (Fsp3) is 0.0909. The summed E-state index contributed by atoms with van der Waals surface area (Å²) in [5, 5.41) is 2.84. The molecule has 5 heteroatoms. The van der Waals surface area contributed by atoms with Gasteiger partial charge in [0.15, 0.2) is 0 Å². The van der Waals surface area contributed by atoms with Gasteiger partial charge in [0.25, 0.3) is 0 Å². The molecule has 1 aromatic carbocycles. The van der Waals surface area contributed by atoms with Crippen molar-refractivity contribution in [2.45, 2.75) is 6.92 Å². The maximum atomic E-state index is 2.45. The Morgan fingerprint density at radius 2 is 1.44 bits per heavy atom. The number of hydrogen-bond donors (Lipinski definition) is 0. The summed E-state index contributed by atoms with van der Waals surface area (Å²) < 4.78 is 7.05. The summed E-state index contributed by atoms with van der Waals surface area (Å²) in [6.45, 7) is 2.22. The van der Waals surface area contributed by atoms with E-state index < -0.39 is 0 Å².